The van der Waals surface area contributed by atoms with Gasteiger partial charge in [-0.25, -0.2) is 4.99 Å². The second-order valence-electron chi connectivity index (χ2n) is 5.81. The number of nitrogens with two attached hydrogens (primary N) is 1. The van der Waals surface area contributed by atoms with E-state index in [-0.39, 0.29) is 0 Å². The van der Waals surface area contributed by atoms with Crippen molar-refractivity contribution in [2.75, 3.05) is 33.2 Å². The van der Waals surface area contributed by atoms with Crippen molar-refractivity contribution in [3.63, 3.8) is 0 Å². The molecule has 0 aliphatic rings. The van der Waals surface area contributed by atoms with Crippen molar-refractivity contribution in [3.05, 3.63) is 53.6 Å². The van der Waals surface area contributed by atoms with Crippen LogP contribution >= 0.6 is 0 Å². The monoisotopic (exact) mass is 342 g/mol. The first-order valence-corrected chi connectivity index (χ1v) is 8.04. The van der Waals surface area contributed by atoms with Gasteiger partial charge in [0.05, 0.1) is 20.8 Å². The highest BCUT2D eigenvalue weighted by Crippen LogP contribution is 2.27. The summed E-state index contributed by atoms with van der Waals surface area (Å²) in [7, 11) is 7.27. The SMILES string of the molecule is COc1ccc(CN=C(N)NCc2ccc(N(C)C)cc2)cc1OC. The Hall–Kier alpha value is -2.89. The van der Waals surface area contributed by atoms with Gasteiger partial charge in [0.1, 0.15) is 0 Å². The van der Waals surface area contributed by atoms with E-state index in [9.17, 15) is 0 Å². The van der Waals surface area contributed by atoms with Gasteiger partial charge in [0.25, 0.3) is 0 Å². The van der Waals surface area contributed by atoms with Gasteiger partial charge in [-0.15, -0.1) is 0 Å². The van der Waals surface area contributed by atoms with E-state index in [1.807, 2.05) is 32.3 Å². The third-order valence-electron chi connectivity index (χ3n) is 3.81. The molecule has 0 heterocycles. The highest BCUT2D eigenvalue weighted by Gasteiger charge is 2.04. The van der Waals surface area contributed by atoms with Crippen LogP contribution in [0.1, 0.15) is 11.1 Å². The third-order valence-corrected chi connectivity index (χ3v) is 3.81. The topological polar surface area (TPSA) is 72.1 Å². The minimum Gasteiger partial charge on any atom is -0.493 e. The summed E-state index contributed by atoms with van der Waals surface area (Å²) in [4.78, 5) is 6.43. The molecule has 0 radical (unpaired) electrons. The first-order valence-electron chi connectivity index (χ1n) is 8.04. The first-order chi connectivity index (χ1) is 12.0. The minimum absolute atomic E-state index is 0.409. The van der Waals surface area contributed by atoms with Crippen molar-refractivity contribution in [2.45, 2.75) is 13.1 Å². The van der Waals surface area contributed by atoms with E-state index < -0.39 is 0 Å². The molecule has 0 atom stereocenters. The standard InChI is InChI=1S/C19H26N4O2/c1-23(2)16-8-5-14(6-9-16)12-21-19(20)22-13-15-7-10-17(24-3)18(11-15)25-4/h5-11H,12-13H2,1-4H3,(H3,20,21,22). The molecule has 2 aromatic carbocycles. The van der Waals surface area contributed by atoms with Gasteiger partial charge in [0, 0.05) is 26.3 Å². The van der Waals surface area contributed by atoms with E-state index in [0.717, 1.165) is 11.1 Å². The van der Waals surface area contributed by atoms with E-state index in [1.54, 1.807) is 14.2 Å². The van der Waals surface area contributed by atoms with Crippen LogP contribution in [0.25, 0.3) is 0 Å². The number of hydrogen-bond donors (Lipinski definition) is 2. The molecule has 6 nitrogen and oxygen atoms in total. The molecule has 0 saturated heterocycles. The zero-order valence-corrected chi connectivity index (χ0v) is 15.2. The van der Waals surface area contributed by atoms with Gasteiger partial charge in [-0.3, -0.25) is 0 Å². The van der Waals surface area contributed by atoms with Gasteiger partial charge in [-0.05, 0) is 35.4 Å². The average Bonchev–Trinajstić information content (AvgIpc) is 2.64. The molecule has 25 heavy (non-hydrogen) atoms. The molecule has 2 aromatic rings. The predicted molar refractivity (Wildman–Crippen MR) is 102 cm³/mol. The molecule has 0 aliphatic heterocycles. The third kappa shape index (κ3) is 5.31. The Balaban J connectivity index is 1.91. The molecule has 0 spiro atoms. The number of nitrogens with one attached hydrogen (secondary N) is 1. The number of benzene rings is 2. The Labute approximate surface area is 149 Å². The smallest absolute Gasteiger partial charge is 0.189 e. The molecular formula is C19H26N4O2. The van der Waals surface area contributed by atoms with Crippen LogP contribution in [0, 0.1) is 0 Å². The summed E-state index contributed by atoms with van der Waals surface area (Å²) in [6.45, 7) is 1.10. The van der Waals surface area contributed by atoms with Crippen molar-refractivity contribution in [1.29, 1.82) is 0 Å². The summed E-state index contributed by atoms with van der Waals surface area (Å²) in [6.07, 6.45) is 0. The lowest BCUT2D eigenvalue weighted by Crippen LogP contribution is -2.31. The zero-order chi connectivity index (χ0) is 18.2. The highest BCUT2D eigenvalue weighted by atomic mass is 16.5. The summed E-state index contributed by atoms with van der Waals surface area (Å²) in [5.41, 5.74) is 9.26. The first kappa shape index (κ1) is 18.4. The Kier molecular flexibility index (Phi) is 6.51. The van der Waals surface area contributed by atoms with Crippen LogP contribution in [0.2, 0.25) is 0 Å². The zero-order valence-electron chi connectivity index (χ0n) is 15.2. The second-order valence-corrected chi connectivity index (χ2v) is 5.81. The summed E-state index contributed by atoms with van der Waals surface area (Å²) in [5.74, 6) is 1.79. The van der Waals surface area contributed by atoms with Crippen LogP contribution in [-0.4, -0.2) is 34.3 Å². The van der Waals surface area contributed by atoms with Crippen LogP contribution in [0.15, 0.2) is 47.5 Å². The molecule has 0 aliphatic carbocycles. The Morgan fingerprint density at radius 3 is 2.24 bits per heavy atom. The molecule has 3 N–H and O–H groups in total. The van der Waals surface area contributed by atoms with Gasteiger partial charge in [0.15, 0.2) is 17.5 Å². The van der Waals surface area contributed by atoms with Crippen LogP contribution < -0.4 is 25.4 Å². The van der Waals surface area contributed by atoms with E-state index in [1.165, 1.54) is 5.69 Å². The minimum atomic E-state index is 0.409. The number of aliphatic imine (C=N–C) groups is 1. The summed E-state index contributed by atoms with van der Waals surface area (Å²) < 4.78 is 10.5. The fourth-order valence-electron chi connectivity index (χ4n) is 2.32. The Bertz CT molecular complexity index is 712. The lowest BCUT2D eigenvalue weighted by molar-refractivity contribution is 0.354. The normalized spacial score (nSPS) is 11.1. The quantitative estimate of drug-likeness (QED) is 0.597. The van der Waals surface area contributed by atoms with Crippen LogP contribution in [0.3, 0.4) is 0 Å². The second kappa shape index (κ2) is 8.82. The van der Waals surface area contributed by atoms with Gasteiger partial charge in [-0.1, -0.05) is 18.2 Å². The highest BCUT2D eigenvalue weighted by molar-refractivity contribution is 5.77. The molecule has 2 rings (SSSR count). The van der Waals surface area contributed by atoms with E-state index in [0.29, 0.717) is 30.5 Å². The lowest BCUT2D eigenvalue weighted by atomic mass is 10.2. The number of hydrogen-bond acceptors (Lipinski definition) is 4. The van der Waals surface area contributed by atoms with Crippen LogP contribution in [0.5, 0.6) is 11.5 Å². The number of anilines is 1. The van der Waals surface area contributed by atoms with E-state index in [4.69, 9.17) is 15.2 Å². The molecule has 0 saturated carbocycles. The molecule has 134 valence electrons. The van der Waals surface area contributed by atoms with Crippen molar-refractivity contribution in [2.24, 2.45) is 10.7 Å². The molecule has 0 fully saturated rings. The largest absolute Gasteiger partial charge is 0.493 e. The van der Waals surface area contributed by atoms with Gasteiger partial charge in [-0.2, -0.15) is 0 Å². The fraction of sp³-hybridized carbons (Fsp3) is 0.316. The van der Waals surface area contributed by atoms with Gasteiger partial charge in [0.2, 0.25) is 0 Å². The summed E-state index contributed by atoms with van der Waals surface area (Å²) >= 11 is 0. The number of ether oxygens (including phenoxy) is 2. The average molecular weight is 342 g/mol. The van der Waals surface area contributed by atoms with Crippen molar-refractivity contribution in [1.82, 2.24) is 5.32 Å². The maximum Gasteiger partial charge on any atom is 0.189 e. The Morgan fingerprint density at radius 1 is 1.00 bits per heavy atom. The Morgan fingerprint density at radius 2 is 1.64 bits per heavy atom. The number of rotatable bonds is 7. The molecule has 0 amide bonds. The van der Waals surface area contributed by atoms with E-state index >= 15 is 0 Å². The van der Waals surface area contributed by atoms with Crippen molar-refractivity contribution < 1.29 is 9.47 Å². The number of nitrogens with zero attached hydrogens (tertiary/aromatic N) is 2. The molecule has 0 unspecified atom stereocenters. The van der Waals surface area contributed by atoms with Crippen molar-refractivity contribution in [3.8, 4) is 11.5 Å². The maximum absolute atomic E-state index is 5.95. The van der Waals surface area contributed by atoms with Gasteiger partial charge < -0.3 is 25.4 Å². The molecule has 6 heteroatoms. The van der Waals surface area contributed by atoms with E-state index in [2.05, 4.69) is 39.5 Å². The maximum atomic E-state index is 5.95. The number of methoxy groups -OCH3 is 2. The summed E-state index contributed by atoms with van der Waals surface area (Å²) in [6, 6.07) is 14.0. The molecular weight excluding hydrogens is 316 g/mol. The van der Waals surface area contributed by atoms with Gasteiger partial charge >= 0.3 is 0 Å². The van der Waals surface area contributed by atoms with Crippen LogP contribution in [-0.2, 0) is 13.1 Å². The molecule has 0 aromatic heterocycles. The predicted octanol–water partition coefficient (Wildman–Crippen LogP) is 2.37. The molecule has 0 bridgehead atoms. The fourth-order valence-corrected chi connectivity index (χ4v) is 2.32. The summed E-state index contributed by atoms with van der Waals surface area (Å²) in [5, 5.41) is 3.13. The number of guanidine groups is 1. The lowest BCUT2D eigenvalue weighted by Gasteiger charge is -2.13. The van der Waals surface area contributed by atoms with Crippen molar-refractivity contribution >= 4 is 11.6 Å². The van der Waals surface area contributed by atoms with Crippen LogP contribution in [0.4, 0.5) is 5.69 Å².